The number of halogens is 1. The topological polar surface area (TPSA) is 59.1 Å². The molecule has 6 nitrogen and oxygen atoms in total. The van der Waals surface area contributed by atoms with E-state index in [0.29, 0.717) is 11.3 Å². The Morgan fingerprint density at radius 2 is 1.82 bits per heavy atom. The van der Waals surface area contributed by atoms with Gasteiger partial charge in [0.25, 0.3) is 11.8 Å². The molecule has 0 saturated carbocycles. The normalized spacial score (nSPS) is 19.4. The van der Waals surface area contributed by atoms with Crippen LogP contribution in [0, 0.1) is 5.82 Å². The molecule has 0 bridgehead atoms. The zero-order valence-corrected chi connectivity index (χ0v) is 18.3. The maximum absolute atomic E-state index is 14.2. The predicted octanol–water partition coefficient (Wildman–Crippen LogP) is 3.86. The van der Waals surface area contributed by atoms with Gasteiger partial charge in [-0.3, -0.25) is 9.59 Å². The smallest absolute Gasteiger partial charge is 0.257 e. The van der Waals surface area contributed by atoms with Crippen LogP contribution >= 0.6 is 0 Å². The van der Waals surface area contributed by atoms with Crippen molar-refractivity contribution in [1.29, 1.82) is 0 Å². The Bertz CT molecular complexity index is 1240. The van der Waals surface area contributed by atoms with Crippen LogP contribution in [0.25, 0.3) is 11.1 Å². The summed E-state index contributed by atoms with van der Waals surface area (Å²) in [6, 6.07) is 18.7. The largest absolute Gasteiger partial charge is 0.497 e. The van der Waals surface area contributed by atoms with Gasteiger partial charge in [-0.15, -0.1) is 0 Å². The molecule has 3 aromatic rings. The Balaban J connectivity index is 1.45. The molecule has 0 radical (unpaired) electrons. The van der Waals surface area contributed by atoms with E-state index in [4.69, 9.17) is 9.47 Å². The van der Waals surface area contributed by atoms with Gasteiger partial charge in [0.2, 0.25) is 0 Å². The highest BCUT2D eigenvalue weighted by atomic mass is 19.1. The summed E-state index contributed by atoms with van der Waals surface area (Å²) < 4.78 is 25.8. The minimum Gasteiger partial charge on any atom is -0.497 e. The van der Waals surface area contributed by atoms with E-state index in [1.807, 2.05) is 36.4 Å². The molecule has 2 amide bonds. The van der Waals surface area contributed by atoms with Gasteiger partial charge in [-0.05, 0) is 47.5 Å². The molecule has 0 aliphatic carbocycles. The Morgan fingerprint density at radius 3 is 2.61 bits per heavy atom. The minimum absolute atomic E-state index is 0.0173. The van der Waals surface area contributed by atoms with Crippen molar-refractivity contribution in [3.8, 4) is 22.6 Å². The lowest BCUT2D eigenvalue weighted by Crippen LogP contribution is -2.44. The van der Waals surface area contributed by atoms with Gasteiger partial charge in [-0.2, -0.15) is 0 Å². The molecule has 1 saturated heterocycles. The Labute approximate surface area is 191 Å². The fourth-order valence-corrected chi connectivity index (χ4v) is 4.50. The average Bonchev–Trinajstić information content (AvgIpc) is 3.23. The molecular formula is C26H23FN2O4. The highest BCUT2D eigenvalue weighted by molar-refractivity contribution is 5.99. The second-order valence-corrected chi connectivity index (χ2v) is 8.27. The molecule has 7 heteroatoms. The zero-order valence-electron chi connectivity index (χ0n) is 18.3. The highest BCUT2D eigenvalue weighted by Crippen LogP contribution is 2.35. The monoisotopic (exact) mass is 446 g/mol. The van der Waals surface area contributed by atoms with Crippen molar-refractivity contribution in [3.63, 3.8) is 0 Å². The molecule has 3 aromatic carbocycles. The molecular weight excluding hydrogens is 423 g/mol. The SMILES string of the molecule is COc1cccc(-c2ccc3c(c2)O[C@H]2CN(C(=O)c4ccccc4F)C[C@H]2N(C)C3=O)c1. The maximum atomic E-state index is 14.2. The summed E-state index contributed by atoms with van der Waals surface area (Å²) in [4.78, 5) is 29.3. The van der Waals surface area contributed by atoms with Crippen LogP contribution in [0.2, 0.25) is 0 Å². The van der Waals surface area contributed by atoms with Crippen LogP contribution in [0.5, 0.6) is 11.5 Å². The lowest BCUT2D eigenvalue weighted by Gasteiger charge is -2.25. The van der Waals surface area contributed by atoms with E-state index in [1.54, 1.807) is 42.2 Å². The number of benzene rings is 3. The number of ether oxygens (including phenoxy) is 2. The first-order valence-electron chi connectivity index (χ1n) is 10.7. The van der Waals surface area contributed by atoms with Crippen molar-refractivity contribution in [1.82, 2.24) is 9.80 Å². The lowest BCUT2D eigenvalue weighted by atomic mass is 10.0. The molecule has 0 N–H and O–H groups in total. The molecule has 2 aliphatic rings. The summed E-state index contributed by atoms with van der Waals surface area (Å²) in [5.41, 5.74) is 2.32. The van der Waals surface area contributed by atoms with Crippen LogP contribution in [0.15, 0.2) is 66.7 Å². The Hall–Kier alpha value is -3.87. The van der Waals surface area contributed by atoms with Crippen molar-refractivity contribution in [2.75, 3.05) is 27.2 Å². The van der Waals surface area contributed by atoms with Crippen LogP contribution in [0.1, 0.15) is 20.7 Å². The highest BCUT2D eigenvalue weighted by Gasteiger charge is 2.44. The van der Waals surface area contributed by atoms with E-state index in [1.165, 1.54) is 12.1 Å². The molecule has 2 aliphatic heterocycles. The number of carbonyl (C=O) groups is 2. The molecule has 168 valence electrons. The zero-order chi connectivity index (χ0) is 23.1. The number of methoxy groups -OCH3 is 1. The van der Waals surface area contributed by atoms with E-state index < -0.39 is 17.8 Å². The lowest BCUT2D eigenvalue weighted by molar-refractivity contribution is 0.0674. The number of likely N-dealkylation sites (N-methyl/N-ethyl adjacent to an activating group) is 1. The summed E-state index contributed by atoms with van der Waals surface area (Å²) in [6.45, 7) is 0.537. The second-order valence-electron chi connectivity index (χ2n) is 8.27. The third kappa shape index (κ3) is 3.69. The Morgan fingerprint density at radius 1 is 1.03 bits per heavy atom. The maximum Gasteiger partial charge on any atom is 0.257 e. The molecule has 33 heavy (non-hydrogen) atoms. The summed E-state index contributed by atoms with van der Waals surface area (Å²) in [7, 11) is 3.33. The summed E-state index contributed by atoms with van der Waals surface area (Å²) in [5, 5.41) is 0. The number of likely N-dealkylation sites (tertiary alicyclic amines) is 1. The van der Waals surface area contributed by atoms with Gasteiger partial charge in [0, 0.05) is 13.6 Å². The number of nitrogens with zero attached hydrogens (tertiary/aromatic N) is 2. The number of hydrogen-bond acceptors (Lipinski definition) is 4. The van der Waals surface area contributed by atoms with E-state index in [9.17, 15) is 14.0 Å². The second kappa shape index (κ2) is 8.24. The van der Waals surface area contributed by atoms with Gasteiger partial charge >= 0.3 is 0 Å². The quantitative estimate of drug-likeness (QED) is 0.613. The van der Waals surface area contributed by atoms with Crippen molar-refractivity contribution in [2.24, 2.45) is 0 Å². The summed E-state index contributed by atoms with van der Waals surface area (Å²) in [5.74, 6) is 0.0660. The minimum atomic E-state index is -0.562. The molecule has 5 rings (SSSR count). The van der Waals surface area contributed by atoms with E-state index in [-0.39, 0.29) is 30.6 Å². The van der Waals surface area contributed by atoms with Crippen LogP contribution in [-0.4, -0.2) is 61.0 Å². The molecule has 0 spiro atoms. The van der Waals surface area contributed by atoms with Crippen molar-refractivity contribution in [3.05, 3.63) is 83.7 Å². The third-order valence-electron chi connectivity index (χ3n) is 6.34. The predicted molar refractivity (Wildman–Crippen MR) is 121 cm³/mol. The van der Waals surface area contributed by atoms with E-state index in [2.05, 4.69) is 0 Å². The molecule has 2 atom stereocenters. The van der Waals surface area contributed by atoms with Crippen LogP contribution < -0.4 is 9.47 Å². The molecule has 2 heterocycles. The van der Waals surface area contributed by atoms with Crippen LogP contribution in [-0.2, 0) is 0 Å². The molecule has 0 unspecified atom stereocenters. The summed E-state index contributed by atoms with van der Waals surface area (Å²) in [6.07, 6.45) is -0.420. The summed E-state index contributed by atoms with van der Waals surface area (Å²) >= 11 is 0. The van der Waals surface area contributed by atoms with Crippen LogP contribution in [0.4, 0.5) is 4.39 Å². The first-order chi connectivity index (χ1) is 16.0. The fourth-order valence-electron chi connectivity index (χ4n) is 4.50. The number of carbonyl (C=O) groups excluding carboxylic acids is 2. The number of amides is 2. The molecule has 0 aromatic heterocycles. The van der Waals surface area contributed by atoms with Gasteiger partial charge in [0.05, 0.1) is 30.8 Å². The van der Waals surface area contributed by atoms with Gasteiger partial charge in [-0.1, -0.05) is 30.3 Å². The van der Waals surface area contributed by atoms with Crippen molar-refractivity contribution in [2.45, 2.75) is 12.1 Å². The van der Waals surface area contributed by atoms with E-state index >= 15 is 0 Å². The number of hydrogen-bond donors (Lipinski definition) is 0. The first kappa shape index (κ1) is 21.0. The third-order valence-corrected chi connectivity index (χ3v) is 6.34. The van der Waals surface area contributed by atoms with Crippen molar-refractivity contribution >= 4 is 11.8 Å². The number of rotatable bonds is 3. The standard InChI is InChI=1S/C26H23FN2O4/c1-28-22-14-29(26(31)19-8-3-4-9-21(19)27)15-24(22)33-23-13-17(10-11-20(23)25(28)30)16-6-5-7-18(12-16)32-2/h3-13,22,24H,14-15H2,1-2H3/t22-,24+/m1/s1. The van der Waals surface area contributed by atoms with Gasteiger partial charge in [-0.25, -0.2) is 4.39 Å². The average molecular weight is 446 g/mol. The van der Waals surface area contributed by atoms with E-state index in [0.717, 1.165) is 16.9 Å². The van der Waals surface area contributed by atoms with Gasteiger partial charge in [0.1, 0.15) is 23.4 Å². The first-order valence-corrected chi connectivity index (χ1v) is 10.7. The number of fused-ring (bicyclic) bond motifs is 2. The Kier molecular flexibility index (Phi) is 5.24. The van der Waals surface area contributed by atoms with Crippen LogP contribution in [0.3, 0.4) is 0 Å². The fraction of sp³-hybridized carbons (Fsp3) is 0.231. The molecule has 1 fully saturated rings. The van der Waals surface area contributed by atoms with Gasteiger partial charge < -0.3 is 19.3 Å². The van der Waals surface area contributed by atoms with Crippen molar-refractivity contribution < 1.29 is 23.5 Å². The van der Waals surface area contributed by atoms with Gasteiger partial charge in [0.15, 0.2) is 0 Å².